The van der Waals surface area contributed by atoms with Crippen LogP contribution in [0, 0.1) is 0 Å². The van der Waals surface area contributed by atoms with Crippen molar-refractivity contribution in [3.05, 3.63) is 59.7 Å². The van der Waals surface area contributed by atoms with Crippen LogP contribution in [0.2, 0.25) is 0 Å². The second-order valence-electron chi connectivity index (χ2n) is 7.93. The maximum atomic E-state index is 6.13. The zero-order chi connectivity index (χ0) is 20.6. The Kier molecular flexibility index (Phi) is 9.27. The molecule has 0 spiro atoms. The smallest absolute Gasteiger partial charge is 0.189 e. The summed E-state index contributed by atoms with van der Waals surface area (Å²) in [6, 6.07) is 16.5. The Balaban J connectivity index is 0.00000272. The van der Waals surface area contributed by atoms with Crippen molar-refractivity contribution in [2.24, 2.45) is 10.7 Å². The van der Waals surface area contributed by atoms with E-state index in [2.05, 4.69) is 33.4 Å². The summed E-state index contributed by atoms with van der Waals surface area (Å²) in [6.07, 6.45) is 4.37. The van der Waals surface area contributed by atoms with E-state index in [1.165, 1.54) is 31.5 Å². The van der Waals surface area contributed by atoms with Gasteiger partial charge in [-0.3, -0.25) is 9.89 Å². The van der Waals surface area contributed by atoms with Gasteiger partial charge < -0.3 is 20.5 Å². The minimum Gasteiger partial charge on any atom is -0.493 e. The summed E-state index contributed by atoms with van der Waals surface area (Å²) in [5.74, 6) is 2.34. The highest BCUT2D eigenvalue weighted by molar-refractivity contribution is 14.0. The van der Waals surface area contributed by atoms with E-state index < -0.39 is 0 Å². The number of nitrogens with one attached hydrogen (secondary N) is 1. The molecule has 7 heteroatoms. The minimum absolute atomic E-state index is 0. The highest BCUT2D eigenvalue weighted by Crippen LogP contribution is 2.31. The number of guanidine groups is 1. The van der Waals surface area contributed by atoms with E-state index in [9.17, 15) is 0 Å². The van der Waals surface area contributed by atoms with E-state index in [0.29, 0.717) is 19.1 Å². The largest absolute Gasteiger partial charge is 0.493 e. The van der Waals surface area contributed by atoms with Crippen molar-refractivity contribution in [1.29, 1.82) is 0 Å². The van der Waals surface area contributed by atoms with Crippen molar-refractivity contribution in [3.63, 3.8) is 0 Å². The number of likely N-dealkylation sites (tertiary alicyclic amines) is 1. The zero-order valence-corrected chi connectivity index (χ0v) is 20.3. The molecule has 1 saturated heterocycles. The van der Waals surface area contributed by atoms with Gasteiger partial charge >= 0.3 is 0 Å². The highest BCUT2D eigenvalue weighted by atomic mass is 127. The molecular formula is C24H33IN4O2. The standard InChI is InChI=1S/C24H32N4O2.HI/c25-24(27-22-12-17-30-23-6-2-1-5-21(22)23)26-13-11-19-7-9-20(10-8-19)29-18-16-28-14-3-4-15-28;/h1-2,5-10,22H,3-4,11-18H2,(H3,25,26,27);1H. The van der Waals surface area contributed by atoms with Gasteiger partial charge in [0.05, 0.1) is 12.6 Å². The number of halogens is 1. The fraction of sp³-hybridized carbons (Fsp3) is 0.458. The molecule has 0 saturated carbocycles. The Labute approximate surface area is 202 Å². The summed E-state index contributed by atoms with van der Waals surface area (Å²) in [4.78, 5) is 6.97. The second kappa shape index (κ2) is 12.1. The lowest BCUT2D eigenvalue weighted by molar-refractivity contribution is 0.238. The van der Waals surface area contributed by atoms with Crippen LogP contribution in [0.4, 0.5) is 0 Å². The Morgan fingerprint density at radius 3 is 2.71 bits per heavy atom. The Morgan fingerprint density at radius 1 is 1.13 bits per heavy atom. The van der Waals surface area contributed by atoms with Gasteiger partial charge in [-0.05, 0) is 56.1 Å². The van der Waals surface area contributed by atoms with Crippen LogP contribution in [0.3, 0.4) is 0 Å². The number of ether oxygens (including phenoxy) is 2. The number of benzene rings is 2. The summed E-state index contributed by atoms with van der Waals surface area (Å²) in [7, 11) is 0. The van der Waals surface area contributed by atoms with Crippen molar-refractivity contribution in [3.8, 4) is 11.5 Å². The molecule has 1 unspecified atom stereocenters. The van der Waals surface area contributed by atoms with E-state index in [4.69, 9.17) is 15.2 Å². The molecule has 0 radical (unpaired) electrons. The van der Waals surface area contributed by atoms with Gasteiger partial charge in [-0.1, -0.05) is 30.3 Å². The number of aliphatic imine (C=N–C) groups is 1. The Hall–Kier alpha value is -2.00. The summed E-state index contributed by atoms with van der Waals surface area (Å²) >= 11 is 0. The molecule has 1 atom stereocenters. The molecular weight excluding hydrogens is 503 g/mol. The first-order valence-corrected chi connectivity index (χ1v) is 11.0. The number of hydrogen-bond donors (Lipinski definition) is 2. The maximum Gasteiger partial charge on any atom is 0.189 e. The van der Waals surface area contributed by atoms with E-state index in [1.807, 2.05) is 30.3 Å². The van der Waals surface area contributed by atoms with E-state index in [1.54, 1.807) is 0 Å². The van der Waals surface area contributed by atoms with Gasteiger partial charge in [0.1, 0.15) is 18.1 Å². The van der Waals surface area contributed by atoms with Crippen molar-refractivity contribution in [2.75, 3.05) is 39.4 Å². The lowest BCUT2D eigenvalue weighted by atomic mass is 10.0. The molecule has 3 N–H and O–H groups in total. The molecule has 0 aliphatic carbocycles. The van der Waals surface area contributed by atoms with Crippen LogP contribution in [0.1, 0.15) is 36.4 Å². The molecule has 2 aromatic carbocycles. The first-order valence-electron chi connectivity index (χ1n) is 11.0. The van der Waals surface area contributed by atoms with Crippen molar-refractivity contribution in [2.45, 2.75) is 31.7 Å². The molecule has 2 aliphatic rings. The van der Waals surface area contributed by atoms with Gasteiger partial charge in [0.25, 0.3) is 0 Å². The van der Waals surface area contributed by atoms with Gasteiger partial charge in [-0.25, -0.2) is 0 Å². The summed E-state index contributed by atoms with van der Waals surface area (Å²) in [5, 5.41) is 3.34. The van der Waals surface area contributed by atoms with Crippen LogP contribution in [0.5, 0.6) is 11.5 Å². The van der Waals surface area contributed by atoms with Crippen LogP contribution in [0.15, 0.2) is 53.5 Å². The molecule has 0 bridgehead atoms. The van der Waals surface area contributed by atoms with Crippen LogP contribution in [-0.2, 0) is 6.42 Å². The molecule has 168 valence electrons. The topological polar surface area (TPSA) is 72.1 Å². The molecule has 0 amide bonds. The van der Waals surface area contributed by atoms with Gasteiger partial charge in [0.15, 0.2) is 5.96 Å². The predicted molar refractivity (Wildman–Crippen MR) is 136 cm³/mol. The van der Waals surface area contributed by atoms with Gasteiger partial charge in [0.2, 0.25) is 0 Å². The fourth-order valence-electron chi connectivity index (χ4n) is 4.07. The fourth-order valence-corrected chi connectivity index (χ4v) is 4.07. The molecule has 1 fully saturated rings. The molecule has 6 nitrogen and oxygen atoms in total. The third-order valence-corrected chi connectivity index (χ3v) is 5.76. The van der Waals surface area contributed by atoms with Crippen LogP contribution in [-0.4, -0.2) is 50.3 Å². The number of para-hydroxylation sites is 1. The quantitative estimate of drug-likeness (QED) is 0.306. The van der Waals surface area contributed by atoms with Crippen molar-refractivity contribution >= 4 is 29.9 Å². The second-order valence-corrected chi connectivity index (χ2v) is 7.93. The van der Waals surface area contributed by atoms with Crippen molar-refractivity contribution < 1.29 is 9.47 Å². The minimum atomic E-state index is 0. The molecule has 2 aliphatic heterocycles. The lowest BCUT2D eigenvalue weighted by Crippen LogP contribution is -2.37. The molecule has 0 aromatic heterocycles. The van der Waals surface area contributed by atoms with Crippen molar-refractivity contribution in [1.82, 2.24) is 10.2 Å². The number of hydrogen-bond acceptors (Lipinski definition) is 4. The molecule has 4 rings (SSSR count). The van der Waals surface area contributed by atoms with E-state index in [-0.39, 0.29) is 30.0 Å². The van der Waals surface area contributed by atoms with Gasteiger partial charge in [-0.15, -0.1) is 24.0 Å². The van der Waals surface area contributed by atoms with Gasteiger partial charge in [0, 0.05) is 25.1 Å². The predicted octanol–water partition coefficient (Wildman–Crippen LogP) is 3.75. The van der Waals surface area contributed by atoms with E-state index >= 15 is 0 Å². The highest BCUT2D eigenvalue weighted by Gasteiger charge is 2.21. The number of rotatable bonds is 8. The van der Waals surface area contributed by atoms with Crippen LogP contribution >= 0.6 is 24.0 Å². The van der Waals surface area contributed by atoms with Gasteiger partial charge in [-0.2, -0.15) is 0 Å². The molecule has 31 heavy (non-hydrogen) atoms. The summed E-state index contributed by atoms with van der Waals surface area (Å²) < 4.78 is 11.6. The molecule has 2 heterocycles. The monoisotopic (exact) mass is 536 g/mol. The third-order valence-electron chi connectivity index (χ3n) is 5.76. The Bertz CT molecular complexity index is 838. The Morgan fingerprint density at radius 2 is 1.90 bits per heavy atom. The average molecular weight is 536 g/mol. The van der Waals surface area contributed by atoms with Crippen LogP contribution < -0.4 is 20.5 Å². The van der Waals surface area contributed by atoms with E-state index in [0.717, 1.165) is 43.1 Å². The maximum absolute atomic E-state index is 6.13. The number of fused-ring (bicyclic) bond motifs is 1. The average Bonchev–Trinajstić information content (AvgIpc) is 3.29. The summed E-state index contributed by atoms with van der Waals surface area (Å²) in [5.41, 5.74) is 8.50. The zero-order valence-electron chi connectivity index (χ0n) is 18.0. The first kappa shape index (κ1) is 23.7. The third kappa shape index (κ3) is 7.00. The SMILES string of the molecule is I.NC(=NCCc1ccc(OCCN2CCCC2)cc1)NC1CCOc2ccccc21. The number of nitrogens with zero attached hydrogens (tertiary/aromatic N) is 2. The normalized spacial score (nSPS) is 18.6. The lowest BCUT2D eigenvalue weighted by Gasteiger charge is -2.26. The van der Waals surface area contributed by atoms with Crippen LogP contribution in [0.25, 0.3) is 0 Å². The molecule has 2 aromatic rings. The first-order chi connectivity index (χ1) is 14.8. The number of nitrogens with two attached hydrogens (primary N) is 1. The summed E-state index contributed by atoms with van der Waals surface area (Å²) in [6.45, 7) is 5.53.